The molecule has 14 heteroatoms. The largest absolute Gasteiger partial charge is 0.382 e. The lowest BCUT2D eigenvalue weighted by atomic mass is 10.1. The predicted octanol–water partition coefficient (Wildman–Crippen LogP) is -1.17. The van der Waals surface area contributed by atoms with E-state index in [9.17, 15) is 13.2 Å². The summed E-state index contributed by atoms with van der Waals surface area (Å²) >= 11 is 0. The third kappa shape index (κ3) is 3.29. The number of carbonyl (C=O) groups excluding carboxylic acids is 1. The Kier molecular flexibility index (Phi) is 4.46. The molecule has 2 saturated heterocycles. The van der Waals surface area contributed by atoms with Crippen LogP contribution >= 0.6 is 0 Å². The number of nitrogens with one attached hydrogen (secondary N) is 1. The van der Waals surface area contributed by atoms with Crippen LogP contribution in [0.2, 0.25) is 0 Å². The second-order valence-electron chi connectivity index (χ2n) is 6.69. The van der Waals surface area contributed by atoms with Gasteiger partial charge in [-0.25, -0.2) is 19.7 Å². The first-order chi connectivity index (χ1) is 13.2. The fourth-order valence-electron chi connectivity index (χ4n) is 3.32. The van der Waals surface area contributed by atoms with Crippen LogP contribution in [-0.4, -0.2) is 65.1 Å². The highest BCUT2D eigenvalue weighted by Crippen LogP contribution is 2.43. The predicted molar refractivity (Wildman–Crippen MR) is 91.5 cm³/mol. The average molecular weight is 414 g/mol. The van der Waals surface area contributed by atoms with Crippen molar-refractivity contribution < 1.29 is 31.6 Å². The summed E-state index contributed by atoms with van der Waals surface area (Å²) in [4.78, 5) is 22.7. The zero-order valence-electron chi connectivity index (χ0n) is 14.9. The van der Waals surface area contributed by atoms with Gasteiger partial charge < -0.3 is 19.9 Å². The quantitative estimate of drug-likeness (QED) is 0.546. The lowest BCUT2D eigenvalue weighted by Gasteiger charge is -2.24. The SMILES string of the molecule is CC1(C)O[C@@H]2[C@H](O1)[C@@H](COS(=O)(=O)NC=O)O[C@H]2n1cnc2c(N)ncnc21. The molecule has 0 aromatic carbocycles. The van der Waals surface area contributed by atoms with Gasteiger partial charge in [0.05, 0.1) is 12.9 Å². The first-order valence-electron chi connectivity index (χ1n) is 8.25. The number of carbonyl (C=O) groups is 1. The Balaban J connectivity index is 1.63. The first-order valence-corrected chi connectivity index (χ1v) is 9.66. The molecule has 2 fully saturated rings. The van der Waals surface area contributed by atoms with E-state index in [0.717, 1.165) is 0 Å². The molecule has 13 nitrogen and oxygen atoms in total. The molecule has 3 N–H and O–H groups in total. The number of imidazole rings is 1. The summed E-state index contributed by atoms with van der Waals surface area (Å²) in [6, 6.07) is 0. The van der Waals surface area contributed by atoms with Gasteiger partial charge in [-0.05, 0) is 13.8 Å². The smallest absolute Gasteiger partial charge is 0.362 e. The Hall–Kier alpha value is -2.39. The Morgan fingerprint density at radius 1 is 1.32 bits per heavy atom. The summed E-state index contributed by atoms with van der Waals surface area (Å²) in [5.74, 6) is -0.701. The Morgan fingerprint density at radius 2 is 2.07 bits per heavy atom. The molecule has 0 spiro atoms. The molecule has 0 aliphatic carbocycles. The molecule has 4 heterocycles. The molecule has 28 heavy (non-hydrogen) atoms. The summed E-state index contributed by atoms with van der Waals surface area (Å²) < 4.78 is 49.0. The van der Waals surface area contributed by atoms with E-state index in [1.807, 2.05) is 0 Å². The van der Waals surface area contributed by atoms with Crippen molar-refractivity contribution in [3.05, 3.63) is 12.7 Å². The summed E-state index contributed by atoms with van der Waals surface area (Å²) in [6.07, 6.45) is 0.0764. The van der Waals surface area contributed by atoms with Crippen LogP contribution in [0.5, 0.6) is 0 Å². The Bertz CT molecular complexity index is 1010. The van der Waals surface area contributed by atoms with Gasteiger partial charge in [0, 0.05) is 0 Å². The molecule has 4 rings (SSSR count). The van der Waals surface area contributed by atoms with Crippen LogP contribution in [0, 0.1) is 0 Å². The molecule has 2 aliphatic rings. The van der Waals surface area contributed by atoms with Crippen LogP contribution in [0.15, 0.2) is 12.7 Å². The second-order valence-corrected chi connectivity index (χ2v) is 8.07. The van der Waals surface area contributed by atoms with Crippen molar-refractivity contribution in [2.75, 3.05) is 12.3 Å². The number of hydrogen-bond donors (Lipinski definition) is 2. The summed E-state index contributed by atoms with van der Waals surface area (Å²) in [7, 11) is -4.24. The maximum absolute atomic E-state index is 11.6. The van der Waals surface area contributed by atoms with E-state index in [4.69, 9.17) is 24.1 Å². The zero-order valence-corrected chi connectivity index (χ0v) is 15.7. The van der Waals surface area contributed by atoms with E-state index < -0.39 is 40.6 Å². The number of rotatable bonds is 6. The van der Waals surface area contributed by atoms with Gasteiger partial charge in [-0.2, -0.15) is 8.42 Å². The third-order valence-corrected chi connectivity index (χ3v) is 5.20. The molecule has 0 unspecified atom stereocenters. The number of fused-ring (bicyclic) bond motifs is 2. The number of hydrogen-bond acceptors (Lipinski definition) is 11. The van der Waals surface area contributed by atoms with E-state index in [1.165, 1.54) is 12.7 Å². The average Bonchev–Trinajstić information content (AvgIpc) is 3.25. The van der Waals surface area contributed by atoms with E-state index in [0.29, 0.717) is 11.2 Å². The molecule has 0 bridgehead atoms. The van der Waals surface area contributed by atoms with Crippen molar-refractivity contribution in [1.29, 1.82) is 0 Å². The van der Waals surface area contributed by atoms with Crippen LogP contribution in [0.1, 0.15) is 20.1 Å². The van der Waals surface area contributed by atoms with Crippen molar-refractivity contribution in [1.82, 2.24) is 24.2 Å². The van der Waals surface area contributed by atoms with Gasteiger partial charge >= 0.3 is 10.3 Å². The highest BCUT2D eigenvalue weighted by atomic mass is 32.2. The van der Waals surface area contributed by atoms with Crippen molar-refractivity contribution in [2.24, 2.45) is 0 Å². The van der Waals surface area contributed by atoms with Gasteiger partial charge in [-0.15, -0.1) is 0 Å². The molecule has 0 saturated carbocycles. The molecular weight excluding hydrogens is 396 g/mol. The number of ether oxygens (including phenoxy) is 3. The van der Waals surface area contributed by atoms with Gasteiger partial charge in [0.15, 0.2) is 23.5 Å². The van der Waals surface area contributed by atoms with Crippen molar-refractivity contribution >= 4 is 33.7 Å². The Labute approximate surface area is 159 Å². The standard InChI is InChI=1S/C14H18N6O7S/c1-14(2)26-9-7(3-24-28(22,23)19-6-21)25-13(10(9)27-14)20-5-18-8-11(15)16-4-17-12(8)20/h4-7,9-10,13H,3H2,1-2H3,(H,19,21)(H2,15,16,17)/t7-,9-,10-,13-/m1/s1. The summed E-state index contributed by atoms with van der Waals surface area (Å²) in [6.45, 7) is 3.08. The van der Waals surface area contributed by atoms with Crippen molar-refractivity contribution in [2.45, 2.75) is 44.2 Å². The summed E-state index contributed by atoms with van der Waals surface area (Å²) in [5, 5.41) is 0. The van der Waals surface area contributed by atoms with E-state index in [-0.39, 0.29) is 18.8 Å². The molecule has 2 aromatic heterocycles. The minimum Gasteiger partial charge on any atom is -0.382 e. The molecular formula is C14H18N6O7S. The molecule has 0 radical (unpaired) electrons. The molecule has 1 amide bonds. The molecule has 4 atom stereocenters. The third-order valence-electron chi connectivity index (χ3n) is 4.37. The highest BCUT2D eigenvalue weighted by molar-refractivity contribution is 7.85. The van der Waals surface area contributed by atoms with E-state index >= 15 is 0 Å². The van der Waals surface area contributed by atoms with Gasteiger partial charge in [0.25, 0.3) is 0 Å². The van der Waals surface area contributed by atoms with Crippen LogP contribution in [0.25, 0.3) is 11.2 Å². The number of amides is 1. The van der Waals surface area contributed by atoms with Gasteiger partial charge in [0.1, 0.15) is 30.2 Å². The lowest BCUT2D eigenvalue weighted by Crippen LogP contribution is -2.35. The van der Waals surface area contributed by atoms with Crippen LogP contribution < -0.4 is 10.5 Å². The topological polar surface area (TPSA) is 170 Å². The highest BCUT2D eigenvalue weighted by Gasteiger charge is 2.56. The van der Waals surface area contributed by atoms with Crippen LogP contribution in [-0.2, 0) is 33.5 Å². The minimum atomic E-state index is -4.24. The number of nitrogen functional groups attached to an aromatic ring is 1. The molecule has 152 valence electrons. The fraction of sp³-hybridized carbons (Fsp3) is 0.571. The summed E-state index contributed by atoms with van der Waals surface area (Å²) in [5.41, 5.74) is 6.66. The number of anilines is 1. The Morgan fingerprint density at radius 3 is 2.82 bits per heavy atom. The molecule has 2 aromatic rings. The lowest BCUT2D eigenvalue weighted by molar-refractivity contribution is -0.198. The monoisotopic (exact) mass is 414 g/mol. The maximum atomic E-state index is 11.6. The second kappa shape index (κ2) is 6.59. The van der Waals surface area contributed by atoms with E-state index in [1.54, 1.807) is 23.1 Å². The molecule has 2 aliphatic heterocycles. The first kappa shape index (κ1) is 18.9. The fourth-order valence-corrected chi connectivity index (χ4v) is 3.82. The van der Waals surface area contributed by atoms with Crippen molar-refractivity contribution in [3.8, 4) is 0 Å². The van der Waals surface area contributed by atoms with Crippen LogP contribution in [0.4, 0.5) is 5.82 Å². The van der Waals surface area contributed by atoms with Crippen LogP contribution in [0.3, 0.4) is 0 Å². The van der Waals surface area contributed by atoms with Crippen molar-refractivity contribution in [3.63, 3.8) is 0 Å². The van der Waals surface area contributed by atoms with Gasteiger partial charge in [-0.3, -0.25) is 13.5 Å². The number of nitrogens with zero attached hydrogens (tertiary/aromatic N) is 4. The minimum absolute atomic E-state index is 0.0104. The van der Waals surface area contributed by atoms with Gasteiger partial charge in [-0.1, -0.05) is 0 Å². The number of nitrogens with two attached hydrogens (primary N) is 1. The maximum Gasteiger partial charge on any atom is 0.362 e. The number of aromatic nitrogens is 4. The normalized spacial score (nSPS) is 29.1. The van der Waals surface area contributed by atoms with E-state index in [2.05, 4.69) is 15.0 Å². The zero-order chi connectivity index (χ0) is 20.1. The van der Waals surface area contributed by atoms with Gasteiger partial charge in [0.2, 0.25) is 6.41 Å².